The SMILES string of the molecule is CCCOc1ccc(/C=N/NC(=O)c2ccncc2)c(O)c1. The molecule has 1 heterocycles. The lowest BCUT2D eigenvalue weighted by Crippen LogP contribution is -2.17. The summed E-state index contributed by atoms with van der Waals surface area (Å²) in [5, 5.41) is 13.7. The van der Waals surface area contributed by atoms with Crippen LogP contribution in [0.1, 0.15) is 29.3 Å². The van der Waals surface area contributed by atoms with E-state index in [9.17, 15) is 9.90 Å². The Hall–Kier alpha value is -2.89. The third kappa shape index (κ3) is 4.31. The maximum Gasteiger partial charge on any atom is 0.271 e. The zero-order chi connectivity index (χ0) is 15.8. The second-order valence-electron chi connectivity index (χ2n) is 4.50. The molecule has 1 aromatic carbocycles. The number of ether oxygens (including phenoxy) is 1. The zero-order valence-electron chi connectivity index (χ0n) is 12.2. The first kappa shape index (κ1) is 15.5. The molecule has 1 amide bonds. The van der Waals surface area contributed by atoms with E-state index in [4.69, 9.17) is 4.74 Å². The first-order valence-corrected chi connectivity index (χ1v) is 6.90. The fraction of sp³-hybridized carbons (Fsp3) is 0.188. The van der Waals surface area contributed by atoms with Crippen molar-refractivity contribution in [2.75, 3.05) is 6.61 Å². The van der Waals surface area contributed by atoms with Crippen molar-refractivity contribution in [3.63, 3.8) is 0 Å². The summed E-state index contributed by atoms with van der Waals surface area (Å²) in [6.45, 7) is 2.60. The van der Waals surface area contributed by atoms with Crippen molar-refractivity contribution in [1.82, 2.24) is 10.4 Å². The molecule has 0 saturated carbocycles. The molecule has 1 aromatic heterocycles. The minimum absolute atomic E-state index is 0.0375. The summed E-state index contributed by atoms with van der Waals surface area (Å²) in [7, 11) is 0. The predicted octanol–water partition coefficient (Wildman–Crippen LogP) is 2.34. The van der Waals surface area contributed by atoms with Crippen molar-refractivity contribution in [1.29, 1.82) is 0 Å². The molecule has 0 saturated heterocycles. The van der Waals surface area contributed by atoms with Gasteiger partial charge in [-0.15, -0.1) is 0 Å². The van der Waals surface area contributed by atoms with Gasteiger partial charge in [0.1, 0.15) is 11.5 Å². The standard InChI is InChI=1S/C16H17N3O3/c1-2-9-22-14-4-3-13(15(20)10-14)11-18-19-16(21)12-5-7-17-8-6-12/h3-8,10-11,20H,2,9H2,1H3,(H,19,21)/b18-11+. The molecule has 0 spiro atoms. The van der Waals surface area contributed by atoms with E-state index < -0.39 is 0 Å². The first-order valence-electron chi connectivity index (χ1n) is 6.90. The van der Waals surface area contributed by atoms with Gasteiger partial charge in [-0.2, -0.15) is 5.10 Å². The van der Waals surface area contributed by atoms with E-state index in [1.165, 1.54) is 24.7 Å². The van der Waals surface area contributed by atoms with E-state index in [-0.39, 0.29) is 11.7 Å². The van der Waals surface area contributed by atoms with Gasteiger partial charge in [0.15, 0.2) is 0 Å². The molecule has 0 unspecified atom stereocenters. The normalized spacial score (nSPS) is 10.6. The van der Waals surface area contributed by atoms with Gasteiger partial charge in [0.25, 0.3) is 5.91 Å². The van der Waals surface area contributed by atoms with Crippen LogP contribution >= 0.6 is 0 Å². The molecule has 2 rings (SSSR count). The molecule has 6 heteroatoms. The number of phenolic OH excluding ortho intramolecular Hbond substituents is 1. The van der Waals surface area contributed by atoms with Crippen LogP contribution in [0.3, 0.4) is 0 Å². The summed E-state index contributed by atoms with van der Waals surface area (Å²) >= 11 is 0. The van der Waals surface area contributed by atoms with E-state index in [1.807, 2.05) is 6.92 Å². The molecule has 0 atom stereocenters. The molecule has 0 fully saturated rings. The number of aromatic hydroxyl groups is 1. The van der Waals surface area contributed by atoms with Crippen molar-refractivity contribution < 1.29 is 14.6 Å². The van der Waals surface area contributed by atoms with Crippen LogP contribution in [-0.2, 0) is 0 Å². The van der Waals surface area contributed by atoms with Gasteiger partial charge in [0.2, 0.25) is 0 Å². The molecule has 2 aromatic rings. The highest BCUT2D eigenvalue weighted by atomic mass is 16.5. The van der Waals surface area contributed by atoms with Gasteiger partial charge in [-0.3, -0.25) is 9.78 Å². The number of rotatable bonds is 6. The Kier molecular flexibility index (Phi) is 5.48. The molecule has 2 N–H and O–H groups in total. The Balaban J connectivity index is 1.97. The molecule has 0 radical (unpaired) electrons. The maximum atomic E-state index is 11.8. The predicted molar refractivity (Wildman–Crippen MR) is 83.2 cm³/mol. The average molecular weight is 299 g/mol. The van der Waals surface area contributed by atoms with Gasteiger partial charge in [0, 0.05) is 29.6 Å². The first-order chi connectivity index (χ1) is 10.7. The van der Waals surface area contributed by atoms with E-state index >= 15 is 0 Å². The van der Waals surface area contributed by atoms with Crippen molar-refractivity contribution in [3.05, 3.63) is 53.9 Å². The zero-order valence-corrected chi connectivity index (χ0v) is 12.2. The van der Waals surface area contributed by atoms with E-state index in [0.29, 0.717) is 23.5 Å². The lowest BCUT2D eigenvalue weighted by Gasteiger charge is -2.06. The molecule has 114 valence electrons. The minimum atomic E-state index is -0.346. The number of pyridine rings is 1. The summed E-state index contributed by atoms with van der Waals surface area (Å²) in [6.07, 6.45) is 5.32. The number of nitrogens with one attached hydrogen (secondary N) is 1. The quantitative estimate of drug-likeness (QED) is 0.633. The van der Waals surface area contributed by atoms with E-state index in [2.05, 4.69) is 15.5 Å². The third-order valence-corrected chi connectivity index (χ3v) is 2.79. The summed E-state index contributed by atoms with van der Waals surface area (Å²) in [5.41, 5.74) is 3.33. The van der Waals surface area contributed by atoms with Crippen LogP contribution in [0, 0.1) is 0 Å². The molecular formula is C16H17N3O3. The van der Waals surface area contributed by atoms with Crippen LogP contribution in [0.5, 0.6) is 11.5 Å². The van der Waals surface area contributed by atoms with E-state index in [0.717, 1.165) is 6.42 Å². The van der Waals surface area contributed by atoms with Crippen molar-refractivity contribution in [3.8, 4) is 11.5 Å². The highest BCUT2D eigenvalue weighted by Crippen LogP contribution is 2.22. The van der Waals surface area contributed by atoms with Crippen LogP contribution in [0.4, 0.5) is 0 Å². The molecule has 6 nitrogen and oxygen atoms in total. The third-order valence-electron chi connectivity index (χ3n) is 2.79. The fourth-order valence-corrected chi connectivity index (χ4v) is 1.67. The fourth-order valence-electron chi connectivity index (χ4n) is 1.67. The van der Waals surface area contributed by atoms with E-state index in [1.54, 1.807) is 24.3 Å². The summed E-state index contributed by atoms with van der Waals surface area (Å²) in [4.78, 5) is 15.6. The number of carbonyl (C=O) groups is 1. The van der Waals surface area contributed by atoms with Gasteiger partial charge in [-0.25, -0.2) is 5.43 Å². The molecule has 0 aliphatic heterocycles. The smallest absolute Gasteiger partial charge is 0.271 e. The number of benzene rings is 1. The van der Waals surface area contributed by atoms with Crippen LogP contribution in [-0.4, -0.2) is 28.8 Å². The van der Waals surface area contributed by atoms with Gasteiger partial charge >= 0.3 is 0 Å². The van der Waals surface area contributed by atoms with Crippen LogP contribution < -0.4 is 10.2 Å². The number of hydrazone groups is 1. The Bertz CT molecular complexity index is 657. The molecular weight excluding hydrogens is 282 g/mol. The van der Waals surface area contributed by atoms with Crippen LogP contribution in [0.15, 0.2) is 47.8 Å². The highest BCUT2D eigenvalue weighted by Gasteiger charge is 2.04. The maximum absolute atomic E-state index is 11.8. The number of amides is 1. The topological polar surface area (TPSA) is 83.8 Å². The van der Waals surface area contributed by atoms with Crippen molar-refractivity contribution in [2.24, 2.45) is 5.10 Å². The second kappa shape index (κ2) is 7.78. The number of phenols is 1. The highest BCUT2D eigenvalue weighted by molar-refractivity contribution is 5.94. The Morgan fingerprint density at radius 3 is 2.82 bits per heavy atom. The van der Waals surface area contributed by atoms with Crippen LogP contribution in [0.25, 0.3) is 0 Å². The molecule has 0 aliphatic rings. The Morgan fingerprint density at radius 2 is 2.14 bits per heavy atom. The summed E-state index contributed by atoms with van der Waals surface area (Å²) < 4.78 is 5.41. The number of hydrogen-bond acceptors (Lipinski definition) is 5. The second-order valence-corrected chi connectivity index (χ2v) is 4.50. The number of nitrogens with zero attached hydrogens (tertiary/aromatic N) is 2. The number of aromatic nitrogens is 1. The Labute approximate surface area is 128 Å². The lowest BCUT2D eigenvalue weighted by molar-refractivity contribution is 0.0955. The van der Waals surface area contributed by atoms with Gasteiger partial charge in [0.05, 0.1) is 12.8 Å². The van der Waals surface area contributed by atoms with Crippen molar-refractivity contribution in [2.45, 2.75) is 13.3 Å². The Morgan fingerprint density at radius 1 is 1.36 bits per heavy atom. The summed E-state index contributed by atoms with van der Waals surface area (Å²) in [5.74, 6) is 0.286. The van der Waals surface area contributed by atoms with Crippen LogP contribution in [0.2, 0.25) is 0 Å². The number of carbonyl (C=O) groups excluding carboxylic acids is 1. The number of hydrogen-bond donors (Lipinski definition) is 2. The minimum Gasteiger partial charge on any atom is -0.507 e. The largest absolute Gasteiger partial charge is 0.507 e. The molecule has 0 bridgehead atoms. The van der Waals surface area contributed by atoms with Gasteiger partial charge < -0.3 is 9.84 Å². The monoisotopic (exact) mass is 299 g/mol. The van der Waals surface area contributed by atoms with Crippen molar-refractivity contribution >= 4 is 12.1 Å². The van der Waals surface area contributed by atoms with Gasteiger partial charge in [-0.05, 0) is 30.7 Å². The summed E-state index contributed by atoms with van der Waals surface area (Å²) in [6, 6.07) is 8.09. The molecule has 0 aliphatic carbocycles. The average Bonchev–Trinajstić information content (AvgIpc) is 2.55. The van der Waals surface area contributed by atoms with Gasteiger partial charge in [-0.1, -0.05) is 6.92 Å². The lowest BCUT2D eigenvalue weighted by atomic mass is 10.2. The molecule has 22 heavy (non-hydrogen) atoms.